The van der Waals surface area contributed by atoms with Crippen molar-refractivity contribution in [2.45, 2.75) is 270 Å². The number of amides is 1. The van der Waals surface area contributed by atoms with Crippen molar-refractivity contribution in [1.82, 2.24) is 5.32 Å². The largest absolute Gasteiger partial charge is 0.480 e. The Kier molecular flexibility index (Phi) is 44.7. The summed E-state index contributed by atoms with van der Waals surface area (Å²) in [7, 11) is 0. The van der Waals surface area contributed by atoms with Gasteiger partial charge in [0.25, 0.3) is 0 Å². The number of hydrogen-bond acceptors (Lipinski definition) is 5. The maximum atomic E-state index is 12.8. The predicted molar refractivity (Wildman–Crippen MR) is 253 cm³/mol. The Morgan fingerprint density at radius 3 is 1.41 bits per heavy atom. The third kappa shape index (κ3) is 43.5. The average molecular weight is 829 g/mol. The first-order valence-corrected chi connectivity index (χ1v) is 25.3. The van der Waals surface area contributed by atoms with Crippen molar-refractivity contribution in [3.8, 4) is 0 Å². The van der Waals surface area contributed by atoms with Crippen LogP contribution in [0.3, 0.4) is 0 Å². The van der Waals surface area contributed by atoms with E-state index in [1.54, 1.807) is 0 Å². The van der Waals surface area contributed by atoms with Crippen molar-refractivity contribution in [1.29, 1.82) is 0 Å². The third-order valence-electron chi connectivity index (χ3n) is 11.4. The van der Waals surface area contributed by atoms with Crippen LogP contribution in [-0.2, 0) is 19.1 Å². The van der Waals surface area contributed by atoms with Crippen molar-refractivity contribution < 1.29 is 24.2 Å². The van der Waals surface area contributed by atoms with Gasteiger partial charge in [-0.1, -0.05) is 192 Å². The van der Waals surface area contributed by atoms with E-state index >= 15 is 0 Å². The minimum absolute atomic E-state index is 0.0576. The fourth-order valence-electron chi connectivity index (χ4n) is 7.57. The zero-order valence-corrected chi connectivity index (χ0v) is 38.9. The number of carbonyl (C=O) groups is 3. The zero-order chi connectivity index (χ0) is 43.1. The quantitative estimate of drug-likeness (QED) is 0.0319. The minimum atomic E-state index is -1.00. The number of carboxylic acids is 1. The molecule has 0 spiro atoms. The molecule has 1 amide bonds. The molecule has 0 aliphatic heterocycles. The van der Waals surface area contributed by atoms with Crippen molar-refractivity contribution in [3.63, 3.8) is 0 Å². The fourth-order valence-corrected chi connectivity index (χ4v) is 7.57. The molecule has 0 aromatic rings. The Bertz CT molecular complexity index is 1020. The van der Waals surface area contributed by atoms with E-state index < -0.39 is 12.0 Å². The van der Waals surface area contributed by atoms with E-state index in [1.807, 2.05) is 0 Å². The van der Waals surface area contributed by atoms with E-state index in [0.717, 1.165) is 70.6 Å². The van der Waals surface area contributed by atoms with Gasteiger partial charge in [0.1, 0.15) is 12.1 Å². The number of ether oxygens (including phenoxy) is 1. The number of nitrogens with one attached hydrogen (secondary N) is 1. The van der Waals surface area contributed by atoms with Crippen LogP contribution >= 0.6 is 0 Å². The standard InChI is InChI=1S/C52H96N2O5/c1-3-5-7-9-11-13-14-15-16-17-18-19-20-21-22-23-24-25-26-28-30-36-40-46-51(56)59-48(42-37-33-29-27-12-10-8-6-4-2)43-38-34-31-32-35-39-45-50(55)54-49(52(57)58)44-41-47-53/h14-15,17-18,37,42,48-49H,3-13,16,19-36,38-41,43-47,53H2,1-2H3,(H,54,55)(H,57,58)/b15-14-,18-17-,42-37-. The number of carbonyl (C=O) groups excluding carboxylic acids is 2. The lowest BCUT2D eigenvalue weighted by Gasteiger charge is -2.15. The molecule has 4 N–H and O–H groups in total. The van der Waals surface area contributed by atoms with E-state index in [9.17, 15) is 19.5 Å². The summed E-state index contributed by atoms with van der Waals surface area (Å²) in [4.78, 5) is 36.4. The molecule has 0 aliphatic rings. The molecule has 0 aromatic heterocycles. The molecule has 0 saturated heterocycles. The second kappa shape index (κ2) is 46.7. The van der Waals surface area contributed by atoms with Crippen LogP contribution in [0.25, 0.3) is 0 Å². The Labute approximate surface area is 365 Å². The smallest absolute Gasteiger partial charge is 0.326 e. The van der Waals surface area contributed by atoms with Crippen LogP contribution in [0.4, 0.5) is 0 Å². The van der Waals surface area contributed by atoms with Gasteiger partial charge in [-0.2, -0.15) is 0 Å². The fraction of sp³-hybridized carbons (Fsp3) is 0.827. The highest BCUT2D eigenvalue weighted by atomic mass is 16.5. The minimum Gasteiger partial charge on any atom is -0.480 e. The van der Waals surface area contributed by atoms with Gasteiger partial charge in [-0.25, -0.2) is 4.79 Å². The Morgan fingerprint density at radius 1 is 0.508 bits per heavy atom. The molecule has 7 heteroatoms. The molecule has 0 rings (SSSR count). The first-order valence-electron chi connectivity index (χ1n) is 25.3. The van der Waals surface area contributed by atoms with Crippen molar-refractivity contribution >= 4 is 17.8 Å². The van der Waals surface area contributed by atoms with Gasteiger partial charge in [0.05, 0.1) is 0 Å². The molecule has 0 saturated carbocycles. The number of esters is 1. The summed E-state index contributed by atoms with van der Waals surface area (Å²) in [6.07, 6.45) is 56.6. The van der Waals surface area contributed by atoms with Gasteiger partial charge in [0, 0.05) is 12.8 Å². The molecule has 344 valence electrons. The van der Waals surface area contributed by atoms with E-state index in [-0.39, 0.29) is 18.0 Å². The summed E-state index contributed by atoms with van der Waals surface area (Å²) in [6.45, 7) is 4.94. The van der Waals surface area contributed by atoms with Gasteiger partial charge in [0.15, 0.2) is 0 Å². The lowest BCUT2D eigenvalue weighted by molar-refractivity contribution is -0.147. The van der Waals surface area contributed by atoms with Gasteiger partial charge in [-0.05, 0) is 96.1 Å². The summed E-state index contributed by atoms with van der Waals surface area (Å²) < 4.78 is 5.99. The number of nitrogens with two attached hydrogens (primary N) is 1. The van der Waals surface area contributed by atoms with E-state index in [2.05, 4.69) is 55.6 Å². The Hall–Kier alpha value is -2.41. The van der Waals surface area contributed by atoms with E-state index in [0.29, 0.717) is 32.2 Å². The molecule has 59 heavy (non-hydrogen) atoms. The van der Waals surface area contributed by atoms with Crippen molar-refractivity contribution in [3.05, 3.63) is 36.5 Å². The van der Waals surface area contributed by atoms with Crippen LogP contribution in [0, 0.1) is 0 Å². The SMILES string of the molecule is CCCCCCC/C=C\C/C=C\CCCCCCCCCCCCCC(=O)OC(/C=C\CCCCCCCCC)CCCCCCCCC(=O)NC(CCCN)C(=O)O. The molecule has 0 aromatic carbocycles. The van der Waals surface area contributed by atoms with Crippen LogP contribution in [0.5, 0.6) is 0 Å². The van der Waals surface area contributed by atoms with E-state index in [1.165, 1.54) is 148 Å². The molecule has 2 atom stereocenters. The summed E-state index contributed by atoms with van der Waals surface area (Å²) >= 11 is 0. The molecule has 0 fully saturated rings. The normalized spacial score (nSPS) is 12.9. The number of allylic oxidation sites excluding steroid dienone is 5. The number of aliphatic carboxylic acids is 1. The number of carboxylic acid groups (broad SMARTS) is 1. The van der Waals surface area contributed by atoms with Crippen LogP contribution in [0.2, 0.25) is 0 Å². The number of unbranched alkanes of at least 4 members (excludes halogenated alkanes) is 28. The van der Waals surface area contributed by atoms with Crippen molar-refractivity contribution in [2.24, 2.45) is 5.73 Å². The van der Waals surface area contributed by atoms with Crippen LogP contribution in [0.1, 0.15) is 258 Å². The predicted octanol–water partition coefficient (Wildman–Crippen LogP) is 15.0. The van der Waals surface area contributed by atoms with Gasteiger partial charge in [0.2, 0.25) is 5.91 Å². The van der Waals surface area contributed by atoms with Gasteiger partial charge >= 0.3 is 11.9 Å². The highest BCUT2D eigenvalue weighted by Crippen LogP contribution is 2.17. The maximum Gasteiger partial charge on any atom is 0.326 e. The topological polar surface area (TPSA) is 119 Å². The van der Waals surface area contributed by atoms with Gasteiger partial charge in [-0.3, -0.25) is 9.59 Å². The van der Waals surface area contributed by atoms with Crippen LogP contribution < -0.4 is 11.1 Å². The summed E-state index contributed by atoms with van der Waals surface area (Å²) in [5.74, 6) is -1.26. The first-order chi connectivity index (χ1) is 28.9. The maximum absolute atomic E-state index is 12.8. The summed E-state index contributed by atoms with van der Waals surface area (Å²) in [5, 5.41) is 11.9. The highest BCUT2D eigenvalue weighted by molar-refractivity contribution is 5.83. The summed E-state index contributed by atoms with van der Waals surface area (Å²) in [6, 6.07) is -0.853. The van der Waals surface area contributed by atoms with Crippen LogP contribution in [0.15, 0.2) is 36.5 Å². The van der Waals surface area contributed by atoms with Crippen LogP contribution in [-0.4, -0.2) is 41.6 Å². The molecule has 0 heterocycles. The summed E-state index contributed by atoms with van der Waals surface area (Å²) in [5.41, 5.74) is 5.49. The Morgan fingerprint density at radius 2 is 0.932 bits per heavy atom. The second-order valence-corrected chi connectivity index (χ2v) is 17.2. The molecule has 0 bridgehead atoms. The third-order valence-corrected chi connectivity index (χ3v) is 11.4. The Balaban J connectivity index is 4.13. The average Bonchev–Trinajstić information content (AvgIpc) is 3.22. The van der Waals surface area contributed by atoms with Gasteiger partial charge < -0.3 is 20.9 Å². The van der Waals surface area contributed by atoms with E-state index in [4.69, 9.17) is 10.5 Å². The molecule has 2 unspecified atom stereocenters. The van der Waals surface area contributed by atoms with Gasteiger partial charge in [-0.15, -0.1) is 0 Å². The molecule has 0 aliphatic carbocycles. The lowest BCUT2D eigenvalue weighted by atomic mass is 10.0. The van der Waals surface area contributed by atoms with Crippen molar-refractivity contribution in [2.75, 3.05) is 6.54 Å². The number of hydrogen-bond donors (Lipinski definition) is 3. The number of rotatable bonds is 46. The lowest BCUT2D eigenvalue weighted by Crippen LogP contribution is -2.40. The monoisotopic (exact) mass is 829 g/mol. The zero-order valence-electron chi connectivity index (χ0n) is 38.9. The first kappa shape index (κ1) is 56.6. The molecule has 7 nitrogen and oxygen atoms in total. The molecule has 0 radical (unpaired) electrons. The molecular formula is C52H96N2O5. The highest BCUT2D eigenvalue weighted by Gasteiger charge is 2.19. The second-order valence-electron chi connectivity index (χ2n) is 17.2. The molecular weight excluding hydrogens is 733 g/mol.